The molecule has 1 aromatic carbocycles. The molecule has 1 atom stereocenters. The highest BCUT2D eigenvalue weighted by Crippen LogP contribution is 2.24. The van der Waals surface area contributed by atoms with Crippen molar-refractivity contribution in [2.75, 3.05) is 33.5 Å². The van der Waals surface area contributed by atoms with Crippen molar-refractivity contribution in [3.8, 4) is 11.5 Å². The van der Waals surface area contributed by atoms with Gasteiger partial charge >= 0.3 is 0 Å². The molecule has 0 saturated carbocycles. The van der Waals surface area contributed by atoms with Crippen LogP contribution >= 0.6 is 0 Å². The van der Waals surface area contributed by atoms with Gasteiger partial charge in [0.1, 0.15) is 17.5 Å². The van der Waals surface area contributed by atoms with E-state index in [1.54, 1.807) is 37.1 Å². The topological polar surface area (TPSA) is 86.9 Å². The van der Waals surface area contributed by atoms with Crippen molar-refractivity contribution < 1.29 is 23.4 Å². The molecular formula is C16H19N3O5. The number of aromatic nitrogens is 2. The molecule has 128 valence electrons. The fraction of sp³-hybridized carbons (Fsp3) is 0.438. The van der Waals surface area contributed by atoms with Crippen molar-refractivity contribution in [3.05, 3.63) is 36.0 Å². The summed E-state index contributed by atoms with van der Waals surface area (Å²) in [4.78, 5) is 14.2. The summed E-state index contributed by atoms with van der Waals surface area (Å²) in [6.07, 6.45) is 0. The molecular weight excluding hydrogens is 314 g/mol. The third-order valence-corrected chi connectivity index (χ3v) is 3.68. The van der Waals surface area contributed by atoms with Gasteiger partial charge in [-0.1, -0.05) is 6.07 Å². The Bertz CT molecular complexity index is 703. The molecule has 8 nitrogen and oxygen atoms in total. The van der Waals surface area contributed by atoms with Crippen molar-refractivity contribution >= 4 is 5.91 Å². The van der Waals surface area contributed by atoms with Gasteiger partial charge in [0.2, 0.25) is 11.8 Å². The van der Waals surface area contributed by atoms with E-state index in [0.29, 0.717) is 43.0 Å². The second kappa shape index (κ2) is 7.31. The summed E-state index contributed by atoms with van der Waals surface area (Å²) in [5.74, 6) is 1.91. The molecule has 8 heteroatoms. The van der Waals surface area contributed by atoms with Crippen molar-refractivity contribution in [2.24, 2.45) is 0 Å². The lowest BCUT2D eigenvalue weighted by Crippen LogP contribution is -2.45. The van der Waals surface area contributed by atoms with E-state index in [1.165, 1.54) is 0 Å². The summed E-state index contributed by atoms with van der Waals surface area (Å²) >= 11 is 0. The van der Waals surface area contributed by atoms with Gasteiger partial charge in [-0.15, -0.1) is 10.2 Å². The monoisotopic (exact) mass is 333 g/mol. The molecule has 3 rings (SSSR count). The van der Waals surface area contributed by atoms with Gasteiger partial charge in [-0.05, 0) is 12.1 Å². The smallest absolute Gasteiger partial charge is 0.261 e. The summed E-state index contributed by atoms with van der Waals surface area (Å²) in [5.41, 5.74) is 0. The van der Waals surface area contributed by atoms with Crippen LogP contribution in [0.15, 0.2) is 28.7 Å². The highest BCUT2D eigenvalue weighted by Gasteiger charge is 2.32. The zero-order valence-corrected chi connectivity index (χ0v) is 13.6. The van der Waals surface area contributed by atoms with E-state index < -0.39 is 0 Å². The van der Waals surface area contributed by atoms with Crippen LogP contribution in [-0.2, 0) is 9.53 Å². The van der Waals surface area contributed by atoms with Gasteiger partial charge in [0.15, 0.2) is 6.61 Å². The van der Waals surface area contributed by atoms with Crippen LogP contribution in [0.5, 0.6) is 11.5 Å². The van der Waals surface area contributed by atoms with Gasteiger partial charge in [-0.2, -0.15) is 0 Å². The van der Waals surface area contributed by atoms with E-state index in [1.807, 2.05) is 6.07 Å². The summed E-state index contributed by atoms with van der Waals surface area (Å²) in [6.45, 7) is 2.86. The van der Waals surface area contributed by atoms with Crippen LogP contribution in [0.2, 0.25) is 0 Å². The summed E-state index contributed by atoms with van der Waals surface area (Å²) in [6, 6.07) is 6.72. The van der Waals surface area contributed by atoms with Gasteiger partial charge in [0, 0.05) is 19.5 Å². The number of morpholine rings is 1. The van der Waals surface area contributed by atoms with Crippen LogP contribution in [0.3, 0.4) is 0 Å². The third kappa shape index (κ3) is 3.65. The van der Waals surface area contributed by atoms with E-state index in [0.717, 1.165) is 0 Å². The normalized spacial score (nSPS) is 17.6. The van der Waals surface area contributed by atoms with Gasteiger partial charge in [0.05, 0.1) is 20.3 Å². The fourth-order valence-corrected chi connectivity index (χ4v) is 2.47. The van der Waals surface area contributed by atoms with Crippen LogP contribution in [0.25, 0.3) is 0 Å². The van der Waals surface area contributed by atoms with E-state index in [4.69, 9.17) is 18.6 Å². The molecule has 1 saturated heterocycles. The number of benzene rings is 1. The first-order valence-corrected chi connectivity index (χ1v) is 7.61. The number of carbonyl (C=O) groups is 1. The van der Waals surface area contributed by atoms with Crippen molar-refractivity contribution in [2.45, 2.75) is 13.0 Å². The van der Waals surface area contributed by atoms with Gasteiger partial charge in [-0.25, -0.2) is 0 Å². The molecule has 1 unspecified atom stereocenters. The minimum absolute atomic E-state index is 0.0865. The number of hydrogen-bond acceptors (Lipinski definition) is 7. The Labute approximate surface area is 139 Å². The number of ether oxygens (including phenoxy) is 3. The molecule has 0 radical (unpaired) electrons. The number of carbonyl (C=O) groups excluding carboxylic acids is 1. The first-order valence-electron chi connectivity index (χ1n) is 7.61. The Balaban J connectivity index is 1.65. The minimum Gasteiger partial charge on any atom is -0.497 e. The highest BCUT2D eigenvalue weighted by molar-refractivity contribution is 5.78. The summed E-state index contributed by atoms with van der Waals surface area (Å²) in [7, 11) is 1.58. The average Bonchev–Trinajstić information content (AvgIpc) is 3.06. The Kier molecular flexibility index (Phi) is 4.95. The lowest BCUT2D eigenvalue weighted by molar-refractivity contribution is -0.143. The van der Waals surface area contributed by atoms with Gasteiger partial charge < -0.3 is 23.5 Å². The van der Waals surface area contributed by atoms with E-state index in [9.17, 15) is 4.79 Å². The number of rotatable bonds is 5. The largest absolute Gasteiger partial charge is 0.497 e. The zero-order chi connectivity index (χ0) is 16.9. The molecule has 0 N–H and O–H groups in total. The first-order chi connectivity index (χ1) is 11.7. The van der Waals surface area contributed by atoms with Crippen LogP contribution in [-0.4, -0.2) is 54.5 Å². The Morgan fingerprint density at radius 1 is 1.38 bits per heavy atom. The molecule has 0 aliphatic carbocycles. The molecule has 2 heterocycles. The van der Waals surface area contributed by atoms with Crippen LogP contribution in [0, 0.1) is 6.92 Å². The number of hydrogen-bond donors (Lipinski definition) is 0. The number of nitrogens with zero attached hydrogens (tertiary/aromatic N) is 3. The van der Waals surface area contributed by atoms with Gasteiger partial charge in [0.25, 0.3) is 5.91 Å². The molecule has 1 fully saturated rings. The first kappa shape index (κ1) is 16.3. The molecule has 1 amide bonds. The average molecular weight is 333 g/mol. The maximum Gasteiger partial charge on any atom is 0.261 e. The van der Waals surface area contributed by atoms with Crippen molar-refractivity contribution in [3.63, 3.8) is 0 Å². The molecule has 1 aromatic heterocycles. The molecule has 0 bridgehead atoms. The maximum atomic E-state index is 12.5. The predicted molar refractivity (Wildman–Crippen MR) is 82.8 cm³/mol. The third-order valence-electron chi connectivity index (χ3n) is 3.68. The molecule has 1 aliphatic rings. The van der Waals surface area contributed by atoms with Gasteiger partial charge in [-0.3, -0.25) is 4.79 Å². The van der Waals surface area contributed by atoms with E-state index in [-0.39, 0.29) is 18.6 Å². The molecule has 24 heavy (non-hydrogen) atoms. The summed E-state index contributed by atoms with van der Waals surface area (Å²) < 4.78 is 21.6. The van der Waals surface area contributed by atoms with Crippen molar-refractivity contribution in [1.29, 1.82) is 0 Å². The number of methoxy groups -OCH3 is 1. The van der Waals surface area contributed by atoms with Crippen molar-refractivity contribution in [1.82, 2.24) is 15.1 Å². The second-order valence-electron chi connectivity index (χ2n) is 5.30. The molecule has 2 aromatic rings. The van der Waals surface area contributed by atoms with Crippen LogP contribution in [0.4, 0.5) is 0 Å². The fourth-order valence-electron chi connectivity index (χ4n) is 2.47. The second-order valence-corrected chi connectivity index (χ2v) is 5.30. The minimum atomic E-state index is -0.388. The summed E-state index contributed by atoms with van der Waals surface area (Å²) in [5, 5.41) is 7.81. The SMILES string of the molecule is COc1cccc(OCC(=O)N2CCOCC2c2nnc(C)o2)c1. The maximum absolute atomic E-state index is 12.5. The van der Waals surface area contributed by atoms with Crippen LogP contribution in [0.1, 0.15) is 17.8 Å². The lowest BCUT2D eigenvalue weighted by atomic mass is 10.2. The van der Waals surface area contributed by atoms with E-state index in [2.05, 4.69) is 10.2 Å². The number of amides is 1. The predicted octanol–water partition coefficient (Wildman–Crippen LogP) is 1.37. The number of aryl methyl sites for hydroxylation is 1. The highest BCUT2D eigenvalue weighted by atomic mass is 16.5. The quantitative estimate of drug-likeness (QED) is 0.816. The Hall–Kier alpha value is -2.61. The van der Waals surface area contributed by atoms with E-state index >= 15 is 0 Å². The Morgan fingerprint density at radius 2 is 2.21 bits per heavy atom. The standard InChI is InChI=1S/C16H19N3O5/c1-11-17-18-16(24-11)14-9-22-7-6-19(14)15(20)10-23-13-5-3-4-12(8-13)21-2/h3-5,8,14H,6-7,9-10H2,1-2H3. The molecule has 1 aliphatic heterocycles. The zero-order valence-electron chi connectivity index (χ0n) is 13.6. The molecule has 0 spiro atoms. The lowest BCUT2D eigenvalue weighted by Gasteiger charge is -2.33. The Morgan fingerprint density at radius 3 is 2.96 bits per heavy atom. The van der Waals surface area contributed by atoms with Crippen LogP contribution < -0.4 is 9.47 Å².